The number of nitrogens with one attached hydrogen (secondary N) is 3. The largest absolute Gasteiger partial charge is 0.373 e. The first-order chi connectivity index (χ1) is 8.40. The average molecular weight is 251 g/mol. The molecule has 0 atom stereocenters. The quantitative estimate of drug-likeness (QED) is 0.733. The van der Waals surface area contributed by atoms with Crippen molar-refractivity contribution in [2.45, 2.75) is 32.7 Å². The summed E-state index contributed by atoms with van der Waals surface area (Å²) in [5.41, 5.74) is -0.189. The number of amides is 1. The molecule has 1 rings (SSSR count). The van der Waals surface area contributed by atoms with Gasteiger partial charge in [0.25, 0.3) is 0 Å². The molecule has 0 bridgehead atoms. The SMILES string of the molecule is CNc1cc(NCCC(=O)NC(C)(C)C)ncn1. The van der Waals surface area contributed by atoms with Crippen LogP contribution in [0.2, 0.25) is 0 Å². The number of rotatable bonds is 5. The summed E-state index contributed by atoms with van der Waals surface area (Å²) >= 11 is 0. The Labute approximate surface area is 108 Å². The van der Waals surface area contributed by atoms with Gasteiger partial charge in [-0.25, -0.2) is 9.97 Å². The fourth-order valence-corrected chi connectivity index (χ4v) is 1.38. The average Bonchev–Trinajstić information content (AvgIpc) is 2.27. The molecular weight excluding hydrogens is 230 g/mol. The van der Waals surface area contributed by atoms with Crippen LogP contribution in [0.3, 0.4) is 0 Å². The monoisotopic (exact) mass is 251 g/mol. The van der Waals surface area contributed by atoms with E-state index < -0.39 is 0 Å². The normalized spacial score (nSPS) is 10.9. The number of hydrogen-bond donors (Lipinski definition) is 3. The summed E-state index contributed by atoms with van der Waals surface area (Å²) in [5, 5.41) is 8.92. The number of carbonyl (C=O) groups excluding carboxylic acids is 1. The van der Waals surface area contributed by atoms with Gasteiger partial charge >= 0.3 is 0 Å². The lowest BCUT2D eigenvalue weighted by molar-refractivity contribution is -0.122. The summed E-state index contributed by atoms with van der Waals surface area (Å²) < 4.78 is 0. The Balaban J connectivity index is 2.35. The summed E-state index contributed by atoms with van der Waals surface area (Å²) in [6.45, 7) is 6.42. The highest BCUT2D eigenvalue weighted by Crippen LogP contribution is 2.07. The van der Waals surface area contributed by atoms with Crippen molar-refractivity contribution >= 4 is 17.5 Å². The van der Waals surface area contributed by atoms with Crippen molar-refractivity contribution in [2.24, 2.45) is 0 Å². The lowest BCUT2D eigenvalue weighted by Crippen LogP contribution is -2.41. The number of hydrogen-bond acceptors (Lipinski definition) is 5. The van der Waals surface area contributed by atoms with Gasteiger partial charge in [-0.05, 0) is 20.8 Å². The van der Waals surface area contributed by atoms with E-state index in [-0.39, 0.29) is 11.4 Å². The van der Waals surface area contributed by atoms with Crippen molar-refractivity contribution in [1.29, 1.82) is 0 Å². The highest BCUT2D eigenvalue weighted by Gasteiger charge is 2.12. The molecule has 0 unspecified atom stereocenters. The Hall–Kier alpha value is -1.85. The maximum Gasteiger partial charge on any atom is 0.222 e. The van der Waals surface area contributed by atoms with Gasteiger partial charge in [0, 0.05) is 31.6 Å². The molecule has 0 saturated heterocycles. The Morgan fingerprint density at radius 3 is 2.56 bits per heavy atom. The standard InChI is InChI=1S/C12H21N5O/c1-12(2,3)17-11(18)5-6-14-10-7-9(13-4)15-8-16-10/h7-8H,5-6H2,1-4H3,(H,17,18)(H2,13,14,15,16). The third kappa shape index (κ3) is 5.47. The fourth-order valence-electron chi connectivity index (χ4n) is 1.38. The third-order valence-corrected chi connectivity index (χ3v) is 2.10. The molecule has 1 aromatic heterocycles. The first kappa shape index (κ1) is 14.2. The van der Waals surface area contributed by atoms with Crippen molar-refractivity contribution in [3.63, 3.8) is 0 Å². The minimum atomic E-state index is -0.189. The molecule has 1 aromatic rings. The van der Waals surface area contributed by atoms with Gasteiger partial charge in [0.15, 0.2) is 0 Å². The van der Waals surface area contributed by atoms with Crippen molar-refractivity contribution in [2.75, 3.05) is 24.2 Å². The third-order valence-electron chi connectivity index (χ3n) is 2.10. The zero-order valence-electron chi connectivity index (χ0n) is 11.4. The van der Waals surface area contributed by atoms with E-state index in [1.807, 2.05) is 20.8 Å². The van der Waals surface area contributed by atoms with Crippen LogP contribution in [0, 0.1) is 0 Å². The first-order valence-corrected chi connectivity index (χ1v) is 5.95. The molecule has 0 saturated carbocycles. The number of carbonyl (C=O) groups is 1. The van der Waals surface area contributed by atoms with E-state index in [0.717, 1.165) is 5.82 Å². The van der Waals surface area contributed by atoms with Crippen LogP contribution in [0.15, 0.2) is 12.4 Å². The Morgan fingerprint density at radius 1 is 1.28 bits per heavy atom. The molecule has 0 aliphatic heterocycles. The molecular formula is C12H21N5O. The highest BCUT2D eigenvalue weighted by molar-refractivity contribution is 5.77. The molecule has 6 heteroatoms. The van der Waals surface area contributed by atoms with E-state index in [9.17, 15) is 4.79 Å². The van der Waals surface area contributed by atoms with Crippen LogP contribution in [0.4, 0.5) is 11.6 Å². The predicted molar refractivity (Wildman–Crippen MR) is 72.6 cm³/mol. The van der Waals surface area contributed by atoms with Gasteiger partial charge < -0.3 is 16.0 Å². The number of anilines is 2. The van der Waals surface area contributed by atoms with Crippen LogP contribution >= 0.6 is 0 Å². The molecule has 0 aliphatic carbocycles. The Morgan fingerprint density at radius 2 is 1.94 bits per heavy atom. The second-order valence-corrected chi connectivity index (χ2v) is 5.01. The second-order valence-electron chi connectivity index (χ2n) is 5.01. The molecule has 100 valence electrons. The maximum absolute atomic E-state index is 11.6. The topological polar surface area (TPSA) is 78.9 Å². The molecule has 1 amide bonds. The van der Waals surface area contributed by atoms with E-state index in [0.29, 0.717) is 18.8 Å². The van der Waals surface area contributed by atoms with E-state index in [1.165, 1.54) is 6.33 Å². The van der Waals surface area contributed by atoms with Crippen molar-refractivity contribution in [1.82, 2.24) is 15.3 Å². The van der Waals surface area contributed by atoms with Gasteiger partial charge in [-0.3, -0.25) is 4.79 Å². The molecule has 0 aromatic carbocycles. The van der Waals surface area contributed by atoms with Crippen LogP contribution in [0.1, 0.15) is 27.2 Å². The maximum atomic E-state index is 11.6. The summed E-state index contributed by atoms with van der Waals surface area (Å²) in [6.07, 6.45) is 1.89. The van der Waals surface area contributed by atoms with Gasteiger partial charge in [-0.2, -0.15) is 0 Å². The zero-order valence-corrected chi connectivity index (χ0v) is 11.4. The van der Waals surface area contributed by atoms with Crippen molar-refractivity contribution in [3.8, 4) is 0 Å². The van der Waals surface area contributed by atoms with E-state index >= 15 is 0 Å². The van der Waals surface area contributed by atoms with Crippen molar-refractivity contribution in [3.05, 3.63) is 12.4 Å². The number of nitrogens with zero attached hydrogens (tertiary/aromatic N) is 2. The van der Waals surface area contributed by atoms with Gasteiger partial charge in [0.05, 0.1) is 0 Å². The van der Waals surface area contributed by atoms with Crippen LogP contribution in [-0.2, 0) is 4.79 Å². The molecule has 0 radical (unpaired) electrons. The van der Waals surface area contributed by atoms with Gasteiger partial charge in [-0.15, -0.1) is 0 Å². The molecule has 1 heterocycles. The minimum Gasteiger partial charge on any atom is -0.373 e. The van der Waals surface area contributed by atoms with E-state index in [1.54, 1.807) is 13.1 Å². The van der Waals surface area contributed by atoms with E-state index in [4.69, 9.17) is 0 Å². The van der Waals surface area contributed by atoms with Gasteiger partial charge in [0.1, 0.15) is 18.0 Å². The zero-order chi connectivity index (χ0) is 13.6. The fraction of sp³-hybridized carbons (Fsp3) is 0.583. The molecule has 0 fully saturated rings. The van der Waals surface area contributed by atoms with Crippen molar-refractivity contribution < 1.29 is 4.79 Å². The van der Waals surface area contributed by atoms with Crippen LogP contribution < -0.4 is 16.0 Å². The van der Waals surface area contributed by atoms with E-state index in [2.05, 4.69) is 25.9 Å². The Bertz CT molecular complexity index is 400. The van der Waals surface area contributed by atoms with Crippen LogP contribution in [0.25, 0.3) is 0 Å². The van der Waals surface area contributed by atoms with Crippen LogP contribution in [-0.4, -0.2) is 35.0 Å². The van der Waals surface area contributed by atoms with Gasteiger partial charge in [-0.1, -0.05) is 0 Å². The molecule has 6 nitrogen and oxygen atoms in total. The predicted octanol–water partition coefficient (Wildman–Crippen LogP) is 1.23. The van der Waals surface area contributed by atoms with Crippen LogP contribution in [0.5, 0.6) is 0 Å². The number of aromatic nitrogens is 2. The lowest BCUT2D eigenvalue weighted by atomic mass is 10.1. The highest BCUT2D eigenvalue weighted by atomic mass is 16.1. The lowest BCUT2D eigenvalue weighted by Gasteiger charge is -2.20. The summed E-state index contributed by atoms with van der Waals surface area (Å²) in [4.78, 5) is 19.6. The molecule has 18 heavy (non-hydrogen) atoms. The smallest absolute Gasteiger partial charge is 0.222 e. The first-order valence-electron chi connectivity index (χ1n) is 5.95. The summed E-state index contributed by atoms with van der Waals surface area (Å²) in [5.74, 6) is 1.47. The molecule has 0 spiro atoms. The summed E-state index contributed by atoms with van der Waals surface area (Å²) in [7, 11) is 1.79. The summed E-state index contributed by atoms with van der Waals surface area (Å²) in [6, 6.07) is 1.79. The second kappa shape index (κ2) is 6.18. The van der Waals surface area contributed by atoms with Gasteiger partial charge in [0.2, 0.25) is 5.91 Å². The molecule has 0 aliphatic rings. The minimum absolute atomic E-state index is 0.0258. The molecule has 3 N–H and O–H groups in total. The Kier molecular flexibility index (Phi) is 4.88.